The number of aromatic carboxylic acids is 1. The van der Waals surface area contributed by atoms with Crippen LogP contribution in [-0.4, -0.2) is 20.9 Å². The molecule has 0 radical (unpaired) electrons. The highest BCUT2D eigenvalue weighted by molar-refractivity contribution is 6.30. The van der Waals surface area contributed by atoms with Crippen molar-refractivity contribution in [1.82, 2.24) is 9.78 Å². The number of nitrogens with zero attached hydrogens (tertiary/aromatic N) is 2. The first kappa shape index (κ1) is 14.3. The molecule has 0 aliphatic rings. The van der Waals surface area contributed by atoms with Gasteiger partial charge in [-0.05, 0) is 30.3 Å². The molecule has 3 aromatic rings. The van der Waals surface area contributed by atoms with Gasteiger partial charge >= 0.3 is 5.97 Å². The summed E-state index contributed by atoms with van der Waals surface area (Å²) >= 11 is 5.76. The number of benzene rings is 2. The average molecular weight is 317 g/mol. The number of hydrogen-bond donors (Lipinski definition) is 1. The van der Waals surface area contributed by atoms with Crippen LogP contribution in [0.15, 0.2) is 54.7 Å². The predicted octanol–water partition coefficient (Wildman–Crippen LogP) is 4.03. The summed E-state index contributed by atoms with van der Waals surface area (Å²) in [4.78, 5) is 11.0. The second kappa shape index (κ2) is 5.61. The van der Waals surface area contributed by atoms with Crippen LogP contribution < -0.4 is 0 Å². The third kappa shape index (κ3) is 2.58. The Morgan fingerprint density at radius 1 is 1.18 bits per heavy atom. The number of carbonyl (C=O) groups is 1. The Morgan fingerprint density at radius 3 is 2.73 bits per heavy atom. The molecule has 6 heteroatoms. The van der Waals surface area contributed by atoms with Gasteiger partial charge in [-0.3, -0.25) is 0 Å². The van der Waals surface area contributed by atoms with Crippen LogP contribution in [0.25, 0.3) is 16.9 Å². The van der Waals surface area contributed by atoms with Gasteiger partial charge in [-0.2, -0.15) is 5.10 Å². The highest BCUT2D eigenvalue weighted by atomic mass is 35.5. The zero-order valence-electron chi connectivity index (χ0n) is 11.2. The largest absolute Gasteiger partial charge is 0.478 e. The Morgan fingerprint density at radius 2 is 1.95 bits per heavy atom. The van der Waals surface area contributed by atoms with Crippen LogP contribution in [0.3, 0.4) is 0 Å². The van der Waals surface area contributed by atoms with Crippen molar-refractivity contribution < 1.29 is 14.3 Å². The lowest BCUT2D eigenvalue weighted by molar-refractivity contribution is 0.0697. The van der Waals surface area contributed by atoms with Gasteiger partial charge < -0.3 is 5.11 Å². The molecule has 0 aliphatic heterocycles. The molecule has 0 aliphatic carbocycles. The van der Waals surface area contributed by atoms with Crippen molar-refractivity contribution >= 4 is 17.6 Å². The molecule has 110 valence electrons. The van der Waals surface area contributed by atoms with E-state index in [0.717, 1.165) is 0 Å². The van der Waals surface area contributed by atoms with E-state index in [1.165, 1.54) is 22.9 Å². The smallest absolute Gasteiger partial charge is 0.335 e. The van der Waals surface area contributed by atoms with Gasteiger partial charge in [-0.1, -0.05) is 29.8 Å². The average Bonchev–Trinajstić information content (AvgIpc) is 3.00. The molecule has 0 atom stereocenters. The third-order valence-corrected chi connectivity index (χ3v) is 3.46. The zero-order valence-corrected chi connectivity index (χ0v) is 12.0. The molecule has 0 saturated heterocycles. The Labute approximate surface area is 130 Å². The van der Waals surface area contributed by atoms with Crippen molar-refractivity contribution in [2.45, 2.75) is 0 Å². The molecule has 2 aromatic carbocycles. The molecule has 0 bridgehead atoms. The van der Waals surface area contributed by atoms with E-state index in [-0.39, 0.29) is 16.3 Å². The van der Waals surface area contributed by atoms with Crippen molar-refractivity contribution in [2.75, 3.05) is 0 Å². The minimum absolute atomic E-state index is 0.0161. The summed E-state index contributed by atoms with van der Waals surface area (Å²) in [6.07, 6.45) is 1.59. The molecule has 22 heavy (non-hydrogen) atoms. The summed E-state index contributed by atoms with van der Waals surface area (Å²) in [6, 6.07) is 12.7. The maximum Gasteiger partial charge on any atom is 0.335 e. The molecule has 3 rings (SSSR count). The highest BCUT2D eigenvalue weighted by Crippen LogP contribution is 2.23. The van der Waals surface area contributed by atoms with Gasteiger partial charge in [0.15, 0.2) is 5.82 Å². The maximum absolute atomic E-state index is 14.0. The van der Waals surface area contributed by atoms with Crippen molar-refractivity contribution in [1.29, 1.82) is 0 Å². The van der Waals surface area contributed by atoms with Crippen LogP contribution >= 0.6 is 11.6 Å². The summed E-state index contributed by atoms with van der Waals surface area (Å²) < 4.78 is 15.4. The van der Waals surface area contributed by atoms with Crippen LogP contribution in [0, 0.1) is 5.82 Å². The minimum atomic E-state index is -1.01. The van der Waals surface area contributed by atoms with Gasteiger partial charge in [0.1, 0.15) is 5.69 Å². The van der Waals surface area contributed by atoms with E-state index in [1.807, 2.05) is 0 Å². The lowest BCUT2D eigenvalue weighted by Gasteiger charge is -2.04. The maximum atomic E-state index is 14.0. The number of aromatic nitrogens is 2. The van der Waals surface area contributed by atoms with Crippen LogP contribution in [0.5, 0.6) is 0 Å². The fourth-order valence-electron chi connectivity index (χ4n) is 2.09. The molecule has 0 amide bonds. The normalized spacial score (nSPS) is 10.6. The molecular weight excluding hydrogens is 307 g/mol. The Bertz CT molecular complexity index is 861. The van der Waals surface area contributed by atoms with E-state index in [4.69, 9.17) is 16.7 Å². The van der Waals surface area contributed by atoms with Gasteiger partial charge in [-0.25, -0.2) is 13.9 Å². The van der Waals surface area contributed by atoms with Crippen LogP contribution in [-0.2, 0) is 0 Å². The van der Waals surface area contributed by atoms with Gasteiger partial charge in [-0.15, -0.1) is 0 Å². The van der Waals surface area contributed by atoms with Crippen molar-refractivity contribution in [3.05, 3.63) is 71.1 Å². The van der Waals surface area contributed by atoms with E-state index in [1.54, 1.807) is 36.5 Å². The zero-order chi connectivity index (χ0) is 15.7. The highest BCUT2D eigenvalue weighted by Gasteiger charge is 2.11. The molecule has 1 heterocycles. The molecule has 0 spiro atoms. The van der Waals surface area contributed by atoms with Gasteiger partial charge in [0, 0.05) is 11.8 Å². The predicted molar refractivity (Wildman–Crippen MR) is 80.9 cm³/mol. The number of rotatable bonds is 3. The Kier molecular flexibility index (Phi) is 3.65. The lowest BCUT2D eigenvalue weighted by Crippen LogP contribution is -1.99. The fraction of sp³-hybridized carbons (Fsp3) is 0. The molecule has 0 saturated carbocycles. The molecule has 1 aromatic heterocycles. The standard InChI is InChI=1S/C16H10ClFN2O2/c17-12-5-2-6-14(15(12)18)20-8-7-13(19-20)10-3-1-4-11(9-10)16(21)22/h1-9H,(H,21,22). The van der Waals surface area contributed by atoms with E-state index in [0.29, 0.717) is 11.3 Å². The monoisotopic (exact) mass is 316 g/mol. The third-order valence-electron chi connectivity index (χ3n) is 3.17. The first-order valence-electron chi connectivity index (χ1n) is 6.40. The number of carboxylic acids is 1. The van der Waals surface area contributed by atoms with Crippen LogP contribution in [0.1, 0.15) is 10.4 Å². The summed E-state index contributed by atoms with van der Waals surface area (Å²) in [5.41, 5.74) is 1.58. The fourth-order valence-corrected chi connectivity index (χ4v) is 2.26. The molecule has 4 nitrogen and oxygen atoms in total. The summed E-state index contributed by atoms with van der Waals surface area (Å²) in [6.45, 7) is 0. The quantitative estimate of drug-likeness (QED) is 0.793. The van der Waals surface area contributed by atoms with Crippen molar-refractivity contribution in [2.24, 2.45) is 0 Å². The van der Waals surface area contributed by atoms with Gasteiger partial charge in [0.2, 0.25) is 0 Å². The van der Waals surface area contributed by atoms with E-state index in [2.05, 4.69) is 5.10 Å². The summed E-state index contributed by atoms with van der Waals surface area (Å²) in [5, 5.41) is 13.3. The van der Waals surface area contributed by atoms with Crippen LogP contribution in [0.4, 0.5) is 4.39 Å². The Balaban J connectivity index is 2.02. The summed E-state index contributed by atoms with van der Waals surface area (Å²) in [7, 11) is 0. The number of carboxylic acid groups (broad SMARTS) is 1. The van der Waals surface area contributed by atoms with E-state index >= 15 is 0 Å². The SMILES string of the molecule is O=C(O)c1cccc(-c2ccn(-c3cccc(Cl)c3F)n2)c1. The molecule has 0 unspecified atom stereocenters. The minimum Gasteiger partial charge on any atom is -0.478 e. The van der Waals surface area contributed by atoms with Crippen molar-refractivity contribution in [3.8, 4) is 16.9 Å². The first-order chi connectivity index (χ1) is 10.6. The molecule has 0 fully saturated rings. The number of halogens is 2. The van der Waals surface area contributed by atoms with Gasteiger partial charge in [0.25, 0.3) is 0 Å². The van der Waals surface area contributed by atoms with Crippen molar-refractivity contribution in [3.63, 3.8) is 0 Å². The molecular formula is C16H10ClFN2O2. The second-order valence-electron chi connectivity index (χ2n) is 4.60. The van der Waals surface area contributed by atoms with E-state index in [9.17, 15) is 9.18 Å². The Hall–Kier alpha value is -2.66. The summed E-state index contributed by atoms with van der Waals surface area (Å²) in [5.74, 6) is -1.57. The second-order valence-corrected chi connectivity index (χ2v) is 5.01. The molecule has 1 N–H and O–H groups in total. The lowest BCUT2D eigenvalue weighted by atomic mass is 10.1. The number of hydrogen-bond acceptors (Lipinski definition) is 2. The van der Waals surface area contributed by atoms with Crippen LogP contribution in [0.2, 0.25) is 5.02 Å². The van der Waals surface area contributed by atoms with E-state index < -0.39 is 11.8 Å². The first-order valence-corrected chi connectivity index (χ1v) is 6.78. The van der Waals surface area contributed by atoms with Gasteiger partial charge in [0.05, 0.1) is 16.3 Å². The topological polar surface area (TPSA) is 55.1 Å².